The topological polar surface area (TPSA) is 56.7 Å². The molecule has 0 spiro atoms. The second-order valence-corrected chi connectivity index (χ2v) is 16.6. The molecule has 0 unspecified atom stereocenters. The summed E-state index contributed by atoms with van der Waals surface area (Å²) < 4.78 is 54.7. The maximum absolute atomic E-state index is 9.10. The van der Waals surface area contributed by atoms with E-state index in [0.29, 0.717) is 22.3 Å². The predicted octanol–water partition coefficient (Wildman–Crippen LogP) is 15.6. The SMILES string of the molecule is [2H]c1c([2H])c([2H])c(-c2nc(-c3cccc4c3oc3ccccc34)nc(-c3cc(-n4c5ccccc5c5ccccc54)cc4c3sc3c(-c5cccc(-c6ccccc6)c5)cccc34)n2)c([2H])c1[2H]. The quantitative estimate of drug-likeness (QED) is 0.168. The second kappa shape index (κ2) is 14.2. The number of fused-ring (bicyclic) bond motifs is 9. The van der Waals surface area contributed by atoms with E-state index in [1.54, 1.807) is 11.3 Å². The summed E-state index contributed by atoms with van der Waals surface area (Å²) >= 11 is 1.65. The van der Waals surface area contributed by atoms with Gasteiger partial charge in [-0.1, -0.05) is 164 Å². The van der Waals surface area contributed by atoms with Gasteiger partial charge in [-0.25, -0.2) is 15.0 Å². The molecule has 63 heavy (non-hydrogen) atoms. The number of aromatic nitrogens is 4. The first-order chi connectivity index (χ1) is 33.3. The molecule has 0 atom stereocenters. The van der Waals surface area contributed by atoms with E-state index in [9.17, 15) is 0 Å². The van der Waals surface area contributed by atoms with Crippen molar-refractivity contribution in [2.45, 2.75) is 0 Å². The Morgan fingerprint density at radius 3 is 1.79 bits per heavy atom. The third-order valence-electron chi connectivity index (χ3n) is 11.9. The van der Waals surface area contributed by atoms with E-state index >= 15 is 0 Å². The van der Waals surface area contributed by atoms with Gasteiger partial charge < -0.3 is 8.98 Å². The third kappa shape index (κ3) is 5.73. The average Bonchev–Trinajstić information content (AvgIpc) is 4.07. The fourth-order valence-corrected chi connectivity index (χ4v) is 10.4. The molecule has 6 heteroatoms. The van der Waals surface area contributed by atoms with Gasteiger partial charge in [0.15, 0.2) is 17.5 Å². The highest BCUT2D eigenvalue weighted by Crippen LogP contribution is 2.46. The number of para-hydroxylation sites is 4. The van der Waals surface area contributed by atoms with Crippen LogP contribution in [0.15, 0.2) is 211 Å². The molecule has 13 aromatic rings. The van der Waals surface area contributed by atoms with E-state index in [1.165, 1.54) is 0 Å². The molecule has 9 aromatic carbocycles. The first-order valence-electron chi connectivity index (χ1n) is 23.2. The van der Waals surface area contributed by atoms with Gasteiger partial charge in [-0.05, 0) is 64.7 Å². The predicted molar refractivity (Wildman–Crippen MR) is 262 cm³/mol. The molecule has 4 heterocycles. The highest BCUT2D eigenvalue weighted by atomic mass is 32.1. The molecule has 0 bridgehead atoms. The van der Waals surface area contributed by atoms with Gasteiger partial charge >= 0.3 is 0 Å². The van der Waals surface area contributed by atoms with E-state index in [4.69, 9.17) is 26.2 Å². The van der Waals surface area contributed by atoms with Crippen LogP contribution in [0.1, 0.15) is 6.85 Å². The molecule has 294 valence electrons. The maximum Gasteiger partial charge on any atom is 0.167 e. The van der Waals surface area contributed by atoms with Crippen LogP contribution in [-0.4, -0.2) is 19.5 Å². The zero-order chi connectivity index (χ0) is 45.8. The van der Waals surface area contributed by atoms with Crippen molar-refractivity contribution in [3.63, 3.8) is 0 Å². The molecule has 0 N–H and O–H groups in total. The first kappa shape index (κ1) is 30.8. The molecule has 0 fully saturated rings. The minimum atomic E-state index is -0.499. The molecule has 0 aliphatic rings. The summed E-state index contributed by atoms with van der Waals surface area (Å²) in [6.45, 7) is 0. The number of thiophene rings is 1. The van der Waals surface area contributed by atoms with Gasteiger partial charge in [0, 0.05) is 58.5 Å². The van der Waals surface area contributed by atoms with Crippen molar-refractivity contribution in [2.24, 2.45) is 0 Å². The lowest BCUT2D eigenvalue weighted by atomic mass is 9.97. The van der Waals surface area contributed by atoms with Crippen LogP contribution >= 0.6 is 11.3 Å². The third-order valence-corrected chi connectivity index (χ3v) is 13.2. The van der Waals surface area contributed by atoms with Crippen molar-refractivity contribution in [1.29, 1.82) is 0 Å². The Hall–Kier alpha value is -8.19. The van der Waals surface area contributed by atoms with Gasteiger partial charge in [0.05, 0.1) is 23.5 Å². The minimum absolute atomic E-state index is 0.0509. The van der Waals surface area contributed by atoms with Crippen molar-refractivity contribution >= 4 is 75.3 Å². The number of nitrogens with zero attached hydrogens (tertiary/aromatic N) is 4. The van der Waals surface area contributed by atoms with E-state index in [1.807, 2.05) is 48.5 Å². The number of furan rings is 1. The lowest BCUT2D eigenvalue weighted by Gasteiger charge is -2.13. The zero-order valence-electron chi connectivity index (χ0n) is 38.3. The standard InChI is InChI=1S/C57H34N4OS/c1-3-16-35(17-4-1)37-20-13-21-38(32-37)40-25-14-27-45-47-33-39(61-49-29-10-7-22-41(49)42-23-8-11-30-50(42)61)34-48(54(47)63-53(40)45)57-59-55(36-18-5-2-6-19-36)58-56(60-57)46-28-15-26-44-43-24-9-12-31-51(43)62-52(44)46/h1-34H/i2D,5D,6D,18D,19D. The highest BCUT2D eigenvalue weighted by molar-refractivity contribution is 7.26. The molecule has 0 aliphatic carbocycles. The van der Waals surface area contributed by atoms with Gasteiger partial charge in [-0.15, -0.1) is 11.3 Å². The molecule has 0 radical (unpaired) electrons. The Morgan fingerprint density at radius 1 is 0.413 bits per heavy atom. The van der Waals surface area contributed by atoms with Crippen molar-refractivity contribution in [1.82, 2.24) is 19.5 Å². The fraction of sp³-hybridized carbons (Fsp3) is 0. The lowest BCUT2D eigenvalue weighted by molar-refractivity contribution is 0.669. The highest BCUT2D eigenvalue weighted by Gasteiger charge is 2.23. The van der Waals surface area contributed by atoms with Crippen molar-refractivity contribution in [2.75, 3.05) is 0 Å². The molecular formula is C57H34N4OS. The van der Waals surface area contributed by atoms with Crippen molar-refractivity contribution in [3.05, 3.63) is 206 Å². The lowest BCUT2D eigenvalue weighted by Crippen LogP contribution is -2.01. The summed E-state index contributed by atoms with van der Waals surface area (Å²) in [5.41, 5.74) is 9.77. The molecule has 13 rings (SSSR count). The van der Waals surface area contributed by atoms with Gasteiger partial charge in [0.25, 0.3) is 0 Å². The Labute approximate surface area is 372 Å². The van der Waals surface area contributed by atoms with E-state index in [0.717, 1.165) is 80.7 Å². The summed E-state index contributed by atoms with van der Waals surface area (Å²) in [5, 5.41) is 6.08. The van der Waals surface area contributed by atoms with Gasteiger partial charge in [-0.2, -0.15) is 0 Å². The number of rotatable bonds is 6. The summed E-state index contributed by atoms with van der Waals surface area (Å²) in [4.78, 5) is 15.4. The molecule has 0 saturated heterocycles. The van der Waals surface area contributed by atoms with Crippen LogP contribution in [-0.2, 0) is 0 Å². The van der Waals surface area contributed by atoms with Crippen LogP contribution < -0.4 is 0 Å². The van der Waals surface area contributed by atoms with E-state index < -0.39 is 30.2 Å². The summed E-state index contributed by atoms with van der Waals surface area (Å²) in [6.07, 6.45) is 0. The molecule has 0 amide bonds. The Morgan fingerprint density at radius 2 is 1.00 bits per heavy atom. The Balaban J connectivity index is 1.14. The number of hydrogen-bond acceptors (Lipinski definition) is 5. The van der Waals surface area contributed by atoms with Gasteiger partial charge in [-0.3, -0.25) is 0 Å². The summed E-state index contributed by atoms with van der Waals surface area (Å²) in [6, 6.07) is 57.9. The van der Waals surface area contributed by atoms with Crippen molar-refractivity contribution in [3.8, 4) is 62.1 Å². The minimum Gasteiger partial charge on any atom is -0.455 e. The largest absolute Gasteiger partial charge is 0.455 e. The normalized spacial score (nSPS) is 12.9. The van der Waals surface area contributed by atoms with Crippen LogP contribution in [0, 0.1) is 0 Å². The van der Waals surface area contributed by atoms with Crippen LogP contribution in [0.25, 0.3) is 126 Å². The molecule has 5 nitrogen and oxygen atoms in total. The van der Waals surface area contributed by atoms with Crippen LogP contribution in [0.4, 0.5) is 0 Å². The number of hydrogen-bond donors (Lipinski definition) is 0. The van der Waals surface area contributed by atoms with E-state index in [-0.39, 0.29) is 23.0 Å². The number of benzene rings is 9. The summed E-state index contributed by atoms with van der Waals surface area (Å²) in [7, 11) is 0. The van der Waals surface area contributed by atoms with Gasteiger partial charge in [0.2, 0.25) is 0 Å². The Bertz CT molecular complexity index is 4150. The Kier molecular flexibility index (Phi) is 6.94. The fourth-order valence-electron chi connectivity index (χ4n) is 9.12. The molecular weight excluding hydrogens is 789 g/mol. The molecule has 0 saturated carbocycles. The average molecular weight is 828 g/mol. The van der Waals surface area contributed by atoms with Crippen molar-refractivity contribution < 1.29 is 11.3 Å². The zero-order valence-corrected chi connectivity index (χ0v) is 34.2. The van der Waals surface area contributed by atoms with E-state index in [2.05, 4.69) is 132 Å². The second-order valence-electron chi connectivity index (χ2n) is 15.6. The van der Waals surface area contributed by atoms with Crippen LogP contribution in [0.3, 0.4) is 0 Å². The smallest absolute Gasteiger partial charge is 0.167 e. The van der Waals surface area contributed by atoms with Crippen LogP contribution in [0.2, 0.25) is 0 Å². The van der Waals surface area contributed by atoms with Gasteiger partial charge in [0.1, 0.15) is 11.2 Å². The summed E-state index contributed by atoms with van der Waals surface area (Å²) in [5.74, 6) is 0.457. The first-order valence-corrected chi connectivity index (χ1v) is 21.5. The monoisotopic (exact) mass is 827 g/mol. The molecule has 4 aromatic heterocycles. The molecule has 0 aliphatic heterocycles. The maximum atomic E-state index is 9.10. The van der Waals surface area contributed by atoms with Crippen LogP contribution in [0.5, 0.6) is 0 Å².